The van der Waals surface area contributed by atoms with Crippen molar-refractivity contribution in [3.05, 3.63) is 33.7 Å². The van der Waals surface area contributed by atoms with E-state index in [1.165, 1.54) is 0 Å². The summed E-state index contributed by atoms with van der Waals surface area (Å²) in [4.78, 5) is 22.5. The summed E-state index contributed by atoms with van der Waals surface area (Å²) in [6.07, 6.45) is -0.00734. The monoisotopic (exact) mass is 227 g/mol. The van der Waals surface area contributed by atoms with Crippen LogP contribution in [0.15, 0.2) is 16.9 Å². The first-order valence-corrected chi connectivity index (χ1v) is 5.18. The Bertz CT molecular complexity index is 435. The minimum absolute atomic E-state index is 0.00734. The normalized spacial score (nSPS) is 10.7. The molecular formula is C11H14ClNO2. The van der Waals surface area contributed by atoms with E-state index in [0.717, 1.165) is 5.69 Å². The largest absolute Gasteiger partial charge is 0.315 e. The highest BCUT2D eigenvalue weighted by Crippen LogP contribution is 2.12. The molecule has 1 aromatic rings. The second-order valence-electron chi connectivity index (χ2n) is 3.83. The van der Waals surface area contributed by atoms with Crippen LogP contribution in [0.3, 0.4) is 0 Å². The molecule has 0 amide bonds. The summed E-state index contributed by atoms with van der Waals surface area (Å²) in [5, 5.41) is -0.510. The number of carbonyl (C=O) groups excluding carboxylic acids is 1. The third kappa shape index (κ3) is 2.69. The second-order valence-corrected chi connectivity index (χ2v) is 4.26. The molecule has 15 heavy (non-hydrogen) atoms. The number of pyridine rings is 1. The number of halogens is 1. The third-order valence-electron chi connectivity index (χ3n) is 2.34. The summed E-state index contributed by atoms with van der Waals surface area (Å²) in [5.41, 5.74) is 1.25. The van der Waals surface area contributed by atoms with Crippen LogP contribution in [0.5, 0.6) is 0 Å². The molecule has 1 heterocycles. The van der Waals surface area contributed by atoms with Crippen LogP contribution in [-0.2, 0) is 18.3 Å². The minimum Gasteiger partial charge on any atom is -0.315 e. The first kappa shape index (κ1) is 12.0. The maximum absolute atomic E-state index is 11.8. The van der Waals surface area contributed by atoms with E-state index in [2.05, 4.69) is 0 Å². The molecule has 0 bridgehead atoms. The molecule has 0 radical (unpaired) electrons. The van der Waals surface area contributed by atoms with Crippen LogP contribution in [0.1, 0.15) is 31.0 Å². The van der Waals surface area contributed by atoms with Gasteiger partial charge in [-0.15, -0.1) is 0 Å². The maximum Gasteiger partial charge on any atom is 0.254 e. The molecule has 0 saturated heterocycles. The Balaban J connectivity index is 3.22. The van der Waals surface area contributed by atoms with Crippen LogP contribution in [0.25, 0.3) is 0 Å². The van der Waals surface area contributed by atoms with Gasteiger partial charge in [-0.1, -0.05) is 19.9 Å². The molecule has 0 atom stereocenters. The van der Waals surface area contributed by atoms with Gasteiger partial charge >= 0.3 is 0 Å². The highest BCUT2D eigenvalue weighted by Gasteiger charge is 2.10. The van der Waals surface area contributed by atoms with Gasteiger partial charge in [0.15, 0.2) is 0 Å². The number of hydrogen-bond acceptors (Lipinski definition) is 2. The third-order valence-corrected chi connectivity index (χ3v) is 2.48. The van der Waals surface area contributed by atoms with Gasteiger partial charge in [0.25, 0.3) is 5.56 Å². The van der Waals surface area contributed by atoms with E-state index in [9.17, 15) is 9.59 Å². The summed E-state index contributed by atoms with van der Waals surface area (Å²) in [6, 6.07) is 3.54. The molecular weight excluding hydrogens is 214 g/mol. The fourth-order valence-corrected chi connectivity index (χ4v) is 1.71. The van der Waals surface area contributed by atoms with Gasteiger partial charge in [-0.3, -0.25) is 9.59 Å². The van der Waals surface area contributed by atoms with Crippen LogP contribution in [0.4, 0.5) is 0 Å². The first-order chi connectivity index (χ1) is 6.93. The number of nitrogens with zero attached hydrogens (tertiary/aromatic N) is 1. The average Bonchev–Trinajstić information content (AvgIpc) is 2.12. The fourth-order valence-electron chi connectivity index (χ4n) is 1.57. The summed E-state index contributed by atoms with van der Waals surface area (Å²) >= 11 is 5.25. The summed E-state index contributed by atoms with van der Waals surface area (Å²) in [7, 11) is 1.71. The summed E-state index contributed by atoms with van der Waals surface area (Å²) in [6.45, 7) is 4.03. The van der Waals surface area contributed by atoms with Gasteiger partial charge in [0.1, 0.15) is 0 Å². The number of carbonyl (C=O) groups is 1. The highest BCUT2D eigenvalue weighted by atomic mass is 35.5. The van der Waals surface area contributed by atoms with Crippen molar-refractivity contribution < 1.29 is 4.79 Å². The molecule has 4 heteroatoms. The molecule has 1 rings (SSSR count). The molecule has 0 aromatic carbocycles. The summed E-state index contributed by atoms with van der Waals surface area (Å²) < 4.78 is 1.57. The van der Waals surface area contributed by atoms with Crippen molar-refractivity contribution in [1.29, 1.82) is 0 Å². The summed E-state index contributed by atoms with van der Waals surface area (Å²) in [5.74, 6) is 0.281. The molecule has 0 N–H and O–H groups in total. The van der Waals surface area contributed by atoms with Gasteiger partial charge in [-0.25, -0.2) is 0 Å². The quantitative estimate of drug-likeness (QED) is 0.739. The highest BCUT2D eigenvalue weighted by molar-refractivity contribution is 6.63. The van der Waals surface area contributed by atoms with E-state index in [1.54, 1.807) is 17.7 Å². The molecule has 0 aliphatic carbocycles. The van der Waals surface area contributed by atoms with Crippen molar-refractivity contribution in [2.45, 2.75) is 26.2 Å². The van der Waals surface area contributed by atoms with Crippen molar-refractivity contribution in [3.63, 3.8) is 0 Å². The van der Waals surface area contributed by atoms with Gasteiger partial charge < -0.3 is 4.57 Å². The fraction of sp³-hybridized carbons (Fsp3) is 0.455. The lowest BCUT2D eigenvalue weighted by molar-refractivity contribution is -0.111. The van der Waals surface area contributed by atoms with Gasteiger partial charge in [0.2, 0.25) is 5.24 Å². The van der Waals surface area contributed by atoms with Gasteiger partial charge in [0, 0.05) is 18.3 Å². The number of hydrogen-bond donors (Lipinski definition) is 0. The van der Waals surface area contributed by atoms with Crippen LogP contribution in [0, 0.1) is 0 Å². The Morgan fingerprint density at radius 3 is 2.53 bits per heavy atom. The molecule has 0 aliphatic heterocycles. The standard InChI is InChI=1S/C11H14ClNO2/c1-7(2)9-5-4-8(6-10(12)14)11(15)13(9)3/h4-5,7H,6H2,1-3H3. The Labute approximate surface area is 93.7 Å². The Morgan fingerprint density at radius 2 is 2.07 bits per heavy atom. The van der Waals surface area contributed by atoms with Crippen LogP contribution < -0.4 is 5.56 Å². The maximum atomic E-state index is 11.8. The molecule has 0 aliphatic rings. The number of rotatable bonds is 3. The average molecular weight is 228 g/mol. The molecule has 3 nitrogen and oxygen atoms in total. The van der Waals surface area contributed by atoms with Crippen LogP contribution in [0.2, 0.25) is 0 Å². The Morgan fingerprint density at radius 1 is 1.47 bits per heavy atom. The van der Waals surface area contributed by atoms with Gasteiger partial charge in [-0.2, -0.15) is 0 Å². The minimum atomic E-state index is -0.510. The first-order valence-electron chi connectivity index (χ1n) is 4.80. The smallest absolute Gasteiger partial charge is 0.254 e. The van der Waals surface area contributed by atoms with E-state index in [4.69, 9.17) is 11.6 Å². The Kier molecular flexibility index (Phi) is 3.69. The molecule has 1 aromatic heterocycles. The van der Waals surface area contributed by atoms with E-state index >= 15 is 0 Å². The molecule has 0 fully saturated rings. The van der Waals surface area contributed by atoms with Crippen molar-refractivity contribution in [2.75, 3.05) is 0 Å². The predicted octanol–water partition coefficient (Wildman–Crippen LogP) is 1.82. The lowest BCUT2D eigenvalue weighted by atomic mass is 10.1. The van der Waals surface area contributed by atoms with E-state index in [1.807, 2.05) is 19.9 Å². The van der Waals surface area contributed by atoms with Crippen molar-refractivity contribution in [2.24, 2.45) is 7.05 Å². The Hall–Kier alpha value is -1.09. The lowest BCUT2D eigenvalue weighted by Crippen LogP contribution is -2.25. The van der Waals surface area contributed by atoms with E-state index in [0.29, 0.717) is 5.56 Å². The van der Waals surface area contributed by atoms with Crippen molar-refractivity contribution in [3.8, 4) is 0 Å². The predicted molar refractivity (Wildman–Crippen MR) is 60.3 cm³/mol. The van der Waals surface area contributed by atoms with Crippen molar-refractivity contribution in [1.82, 2.24) is 4.57 Å². The van der Waals surface area contributed by atoms with E-state index in [-0.39, 0.29) is 17.9 Å². The zero-order chi connectivity index (χ0) is 11.6. The topological polar surface area (TPSA) is 39.1 Å². The van der Waals surface area contributed by atoms with Crippen LogP contribution >= 0.6 is 11.6 Å². The van der Waals surface area contributed by atoms with Crippen molar-refractivity contribution >= 4 is 16.8 Å². The zero-order valence-electron chi connectivity index (χ0n) is 9.08. The SMILES string of the molecule is CC(C)c1ccc(CC(=O)Cl)c(=O)n1C. The van der Waals surface area contributed by atoms with E-state index < -0.39 is 5.24 Å². The second kappa shape index (κ2) is 4.62. The molecule has 0 saturated carbocycles. The molecule has 82 valence electrons. The molecule has 0 unspecified atom stereocenters. The van der Waals surface area contributed by atoms with Gasteiger partial charge in [0.05, 0.1) is 6.42 Å². The zero-order valence-corrected chi connectivity index (χ0v) is 9.84. The number of aromatic nitrogens is 1. The van der Waals surface area contributed by atoms with Crippen LogP contribution in [-0.4, -0.2) is 9.81 Å². The lowest BCUT2D eigenvalue weighted by Gasteiger charge is -2.12. The van der Waals surface area contributed by atoms with Gasteiger partial charge in [-0.05, 0) is 23.6 Å². The molecule has 0 spiro atoms.